The Morgan fingerprint density at radius 1 is 1.08 bits per heavy atom. The first kappa shape index (κ1) is 16.5. The van der Waals surface area contributed by atoms with Gasteiger partial charge >= 0.3 is 0 Å². The minimum Gasteiger partial charge on any atom is -0.312 e. The Hall–Kier alpha value is -2.34. The third kappa shape index (κ3) is 3.01. The zero-order valence-electron chi connectivity index (χ0n) is 13.7. The quantitative estimate of drug-likeness (QED) is 0.907. The highest BCUT2D eigenvalue weighted by atomic mass is 32.2. The largest absolute Gasteiger partial charge is 0.312 e. The molecule has 0 saturated carbocycles. The molecule has 126 valence electrons. The molecule has 0 atom stereocenters. The molecule has 0 unspecified atom stereocenters. The minimum atomic E-state index is -3.64. The van der Waals surface area contributed by atoms with E-state index in [-0.39, 0.29) is 10.8 Å². The Bertz CT molecular complexity index is 874. The van der Waals surface area contributed by atoms with Crippen molar-refractivity contribution in [2.75, 3.05) is 16.2 Å². The van der Waals surface area contributed by atoms with E-state index in [1.807, 2.05) is 26.0 Å². The van der Waals surface area contributed by atoms with Crippen LogP contribution in [0.2, 0.25) is 0 Å². The molecule has 6 heteroatoms. The van der Waals surface area contributed by atoms with E-state index in [0.29, 0.717) is 18.7 Å². The topological polar surface area (TPSA) is 66.5 Å². The van der Waals surface area contributed by atoms with Gasteiger partial charge in [-0.25, -0.2) is 8.42 Å². The molecule has 0 bridgehead atoms. The smallest absolute Gasteiger partial charge is 0.261 e. The molecule has 0 spiro atoms. The van der Waals surface area contributed by atoms with Crippen LogP contribution in [-0.4, -0.2) is 20.9 Å². The third-order valence-electron chi connectivity index (χ3n) is 4.22. The number of aryl methyl sites for hydroxylation is 1. The zero-order chi connectivity index (χ0) is 17.3. The molecule has 3 rings (SSSR count). The van der Waals surface area contributed by atoms with Crippen LogP contribution in [0.25, 0.3) is 0 Å². The molecule has 0 radical (unpaired) electrons. The highest BCUT2D eigenvalue weighted by Crippen LogP contribution is 2.31. The summed E-state index contributed by atoms with van der Waals surface area (Å²) in [6.07, 6.45) is 1.17. The average molecular weight is 344 g/mol. The van der Waals surface area contributed by atoms with Gasteiger partial charge in [0.15, 0.2) is 0 Å². The lowest BCUT2D eigenvalue weighted by atomic mass is 10.1. The van der Waals surface area contributed by atoms with E-state index in [0.717, 1.165) is 23.2 Å². The molecule has 2 aromatic rings. The minimum absolute atomic E-state index is 0.0441. The molecule has 1 amide bonds. The third-order valence-corrected chi connectivity index (χ3v) is 5.62. The molecule has 1 N–H and O–H groups in total. The summed E-state index contributed by atoms with van der Waals surface area (Å²) in [5.41, 5.74) is 3.27. The van der Waals surface area contributed by atoms with Gasteiger partial charge in [-0.05, 0) is 54.8 Å². The fraction of sp³-hybridized carbons (Fsp3) is 0.278. The van der Waals surface area contributed by atoms with E-state index in [9.17, 15) is 13.2 Å². The van der Waals surface area contributed by atoms with Crippen molar-refractivity contribution in [1.29, 1.82) is 0 Å². The van der Waals surface area contributed by atoms with Crippen molar-refractivity contribution in [3.8, 4) is 0 Å². The highest BCUT2D eigenvalue weighted by Gasteiger charge is 2.26. The molecule has 5 nitrogen and oxygen atoms in total. The van der Waals surface area contributed by atoms with Crippen molar-refractivity contribution in [3.05, 3.63) is 53.6 Å². The van der Waals surface area contributed by atoms with Gasteiger partial charge in [0, 0.05) is 17.9 Å². The lowest BCUT2D eigenvalue weighted by molar-refractivity contribution is -0.117. The van der Waals surface area contributed by atoms with Crippen LogP contribution in [0.5, 0.6) is 0 Å². The van der Waals surface area contributed by atoms with Gasteiger partial charge < -0.3 is 4.90 Å². The van der Waals surface area contributed by atoms with Crippen molar-refractivity contribution in [2.45, 2.75) is 31.6 Å². The first-order chi connectivity index (χ1) is 11.4. The van der Waals surface area contributed by atoms with Gasteiger partial charge in [0.2, 0.25) is 5.91 Å². The number of nitrogens with zero attached hydrogens (tertiary/aromatic N) is 1. The van der Waals surface area contributed by atoms with E-state index in [1.54, 1.807) is 35.2 Å². The van der Waals surface area contributed by atoms with Crippen LogP contribution >= 0.6 is 0 Å². The van der Waals surface area contributed by atoms with Crippen molar-refractivity contribution in [2.24, 2.45) is 0 Å². The number of sulfonamides is 1. The first-order valence-electron chi connectivity index (χ1n) is 7.99. The van der Waals surface area contributed by atoms with Crippen LogP contribution < -0.4 is 9.62 Å². The molecule has 1 aliphatic heterocycles. The van der Waals surface area contributed by atoms with Crippen molar-refractivity contribution in [3.63, 3.8) is 0 Å². The van der Waals surface area contributed by atoms with Crippen LogP contribution in [-0.2, 0) is 27.7 Å². The Balaban J connectivity index is 1.86. The van der Waals surface area contributed by atoms with Crippen molar-refractivity contribution >= 4 is 27.3 Å². The van der Waals surface area contributed by atoms with E-state index in [1.165, 1.54) is 0 Å². The maximum atomic E-state index is 12.5. The number of carbonyl (C=O) groups excluding carboxylic acids is 1. The Kier molecular flexibility index (Phi) is 4.32. The fourth-order valence-electron chi connectivity index (χ4n) is 2.91. The van der Waals surface area contributed by atoms with Crippen LogP contribution in [0, 0.1) is 0 Å². The Morgan fingerprint density at radius 3 is 2.42 bits per heavy atom. The standard InChI is InChI=1S/C18H20N2O3S/c1-3-13-5-8-16(9-6-13)24(22,23)19-15-7-10-17-14(11-15)12-18(21)20(17)4-2/h5-11,19H,3-4,12H2,1-2H3. The highest BCUT2D eigenvalue weighted by molar-refractivity contribution is 7.92. The lowest BCUT2D eigenvalue weighted by Crippen LogP contribution is -2.25. The van der Waals surface area contributed by atoms with E-state index in [4.69, 9.17) is 0 Å². The van der Waals surface area contributed by atoms with Crippen LogP contribution in [0.1, 0.15) is 25.0 Å². The number of hydrogen-bond donors (Lipinski definition) is 1. The zero-order valence-corrected chi connectivity index (χ0v) is 14.6. The van der Waals surface area contributed by atoms with Crippen LogP contribution in [0.3, 0.4) is 0 Å². The normalized spacial score (nSPS) is 13.9. The van der Waals surface area contributed by atoms with Gasteiger partial charge in [-0.3, -0.25) is 9.52 Å². The second-order valence-corrected chi connectivity index (χ2v) is 7.44. The van der Waals surface area contributed by atoms with Crippen molar-refractivity contribution in [1.82, 2.24) is 0 Å². The number of likely N-dealkylation sites (N-methyl/N-ethyl adjacent to an activating group) is 1. The summed E-state index contributed by atoms with van der Waals surface area (Å²) in [5, 5.41) is 0. The predicted molar refractivity (Wildman–Crippen MR) is 94.8 cm³/mol. The summed E-state index contributed by atoms with van der Waals surface area (Å²) in [6, 6.07) is 12.1. The van der Waals surface area contributed by atoms with Crippen molar-refractivity contribution < 1.29 is 13.2 Å². The second-order valence-electron chi connectivity index (χ2n) is 5.76. The Labute approximate surface area is 142 Å². The number of anilines is 2. The molecule has 1 heterocycles. The van der Waals surface area contributed by atoms with E-state index >= 15 is 0 Å². The average Bonchev–Trinajstić information content (AvgIpc) is 2.88. The number of rotatable bonds is 5. The summed E-state index contributed by atoms with van der Waals surface area (Å²) in [7, 11) is -3.64. The molecule has 0 saturated heterocycles. The molecule has 1 aliphatic rings. The number of benzene rings is 2. The Morgan fingerprint density at radius 2 is 1.79 bits per heavy atom. The number of fused-ring (bicyclic) bond motifs is 1. The van der Waals surface area contributed by atoms with Gasteiger partial charge in [-0.1, -0.05) is 19.1 Å². The van der Waals surface area contributed by atoms with E-state index in [2.05, 4.69) is 4.72 Å². The van der Waals surface area contributed by atoms with Gasteiger partial charge in [-0.15, -0.1) is 0 Å². The SMILES string of the molecule is CCc1ccc(S(=O)(=O)Nc2ccc3c(c2)CC(=O)N3CC)cc1. The summed E-state index contributed by atoms with van der Waals surface area (Å²) in [6.45, 7) is 4.55. The predicted octanol–water partition coefficient (Wildman–Crippen LogP) is 2.96. The summed E-state index contributed by atoms with van der Waals surface area (Å²) in [5.74, 6) is 0.0441. The van der Waals surface area contributed by atoms with Gasteiger partial charge in [0.25, 0.3) is 10.0 Å². The maximum Gasteiger partial charge on any atom is 0.261 e. The number of nitrogens with one attached hydrogen (secondary N) is 1. The summed E-state index contributed by atoms with van der Waals surface area (Å²) < 4.78 is 27.6. The molecule has 0 fully saturated rings. The molecule has 0 aromatic heterocycles. The monoisotopic (exact) mass is 344 g/mol. The fourth-order valence-corrected chi connectivity index (χ4v) is 3.96. The summed E-state index contributed by atoms with van der Waals surface area (Å²) in [4.78, 5) is 13.9. The second kappa shape index (κ2) is 6.28. The lowest BCUT2D eigenvalue weighted by Gasteiger charge is -2.15. The molecular weight excluding hydrogens is 324 g/mol. The number of amides is 1. The molecule has 24 heavy (non-hydrogen) atoms. The molecule has 2 aromatic carbocycles. The first-order valence-corrected chi connectivity index (χ1v) is 9.48. The molecular formula is C18H20N2O3S. The number of carbonyl (C=O) groups is 1. The van der Waals surface area contributed by atoms with Gasteiger partial charge in [0.05, 0.1) is 11.3 Å². The van der Waals surface area contributed by atoms with Crippen LogP contribution in [0.15, 0.2) is 47.4 Å². The summed E-state index contributed by atoms with van der Waals surface area (Å²) >= 11 is 0. The number of hydrogen-bond acceptors (Lipinski definition) is 3. The molecule has 0 aliphatic carbocycles. The van der Waals surface area contributed by atoms with Gasteiger partial charge in [-0.2, -0.15) is 0 Å². The van der Waals surface area contributed by atoms with E-state index < -0.39 is 10.0 Å². The van der Waals surface area contributed by atoms with Gasteiger partial charge in [0.1, 0.15) is 0 Å². The van der Waals surface area contributed by atoms with Crippen LogP contribution in [0.4, 0.5) is 11.4 Å². The maximum absolute atomic E-state index is 12.5.